The molecular formula is C22H30O5Si. The molecule has 152 valence electrons. The van der Waals surface area contributed by atoms with E-state index >= 15 is 0 Å². The van der Waals surface area contributed by atoms with Gasteiger partial charge in [-0.05, 0) is 50.5 Å². The fraction of sp³-hybridized carbons (Fsp3) is 0.636. The number of hydrogen-bond donors (Lipinski definition) is 0. The lowest BCUT2D eigenvalue weighted by molar-refractivity contribution is -0.163. The maximum absolute atomic E-state index is 12.7. The van der Waals surface area contributed by atoms with Crippen molar-refractivity contribution in [2.45, 2.75) is 70.9 Å². The van der Waals surface area contributed by atoms with E-state index in [9.17, 15) is 9.59 Å². The summed E-state index contributed by atoms with van der Waals surface area (Å²) < 4.78 is 18.0. The molecule has 28 heavy (non-hydrogen) atoms. The molecule has 2 aliphatic carbocycles. The normalized spacial score (nSPS) is 38.3. The van der Waals surface area contributed by atoms with Gasteiger partial charge in [-0.1, -0.05) is 13.8 Å². The zero-order valence-corrected chi connectivity index (χ0v) is 18.4. The van der Waals surface area contributed by atoms with Gasteiger partial charge in [0, 0.05) is 35.3 Å². The van der Waals surface area contributed by atoms with Crippen molar-refractivity contribution < 1.29 is 23.2 Å². The van der Waals surface area contributed by atoms with Crippen molar-refractivity contribution >= 4 is 20.1 Å². The Bertz CT molecular complexity index is 820. The lowest BCUT2D eigenvalue weighted by Crippen LogP contribution is -2.62. The number of fused-ring (bicyclic) bond motifs is 3. The lowest BCUT2D eigenvalue weighted by Gasteiger charge is -2.60. The molecule has 3 aliphatic rings. The monoisotopic (exact) mass is 402 g/mol. The third-order valence-corrected chi connectivity index (χ3v) is 7.88. The van der Waals surface area contributed by atoms with Crippen LogP contribution in [0.5, 0.6) is 0 Å². The first-order valence-electron chi connectivity index (χ1n) is 10.3. The SMILES string of the molecule is C[C@H]1C(=O)CC[C@]2(O[Si](C)(C)C)C3=CC(=O)O[C@@H](c4ccoc4)[C@]3(C)CC[C@H]12. The Hall–Kier alpha value is -1.66. The highest BCUT2D eigenvalue weighted by molar-refractivity contribution is 6.69. The van der Waals surface area contributed by atoms with Crippen molar-refractivity contribution in [3.8, 4) is 0 Å². The van der Waals surface area contributed by atoms with Gasteiger partial charge in [0.25, 0.3) is 0 Å². The number of hydrogen-bond acceptors (Lipinski definition) is 5. The molecular weight excluding hydrogens is 372 g/mol. The fourth-order valence-corrected chi connectivity index (χ4v) is 7.24. The summed E-state index contributed by atoms with van der Waals surface area (Å²) in [4.78, 5) is 25.2. The molecule has 1 aliphatic heterocycles. The summed E-state index contributed by atoms with van der Waals surface area (Å²) in [6.45, 7) is 10.8. The van der Waals surface area contributed by atoms with E-state index < -0.39 is 20.0 Å². The van der Waals surface area contributed by atoms with E-state index in [1.165, 1.54) is 0 Å². The number of ketones is 1. The second kappa shape index (κ2) is 6.42. The van der Waals surface area contributed by atoms with Crippen LogP contribution in [-0.2, 0) is 18.8 Å². The molecule has 6 heteroatoms. The maximum Gasteiger partial charge on any atom is 0.331 e. The van der Waals surface area contributed by atoms with Crippen LogP contribution in [0.1, 0.15) is 51.2 Å². The van der Waals surface area contributed by atoms with Crippen LogP contribution in [-0.4, -0.2) is 25.7 Å². The van der Waals surface area contributed by atoms with Crippen molar-refractivity contribution in [3.63, 3.8) is 0 Å². The molecule has 0 bridgehead atoms. The summed E-state index contributed by atoms with van der Waals surface area (Å²) in [6, 6.07) is 1.87. The quantitative estimate of drug-likeness (QED) is 0.536. The first-order chi connectivity index (χ1) is 13.1. The minimum absolute atomic E-state index is 0.0547. The van der Waals surface area contributed by atoms with Crippen LogP contribution in [0.4, 0.5) is 0 Å². The highest BCUT2D eigenvalue weighted by Gasteiger charge is 2.62. The second-order valence-corrected chi connectivity index (χ2v) is 14.3. The largest absolute Gasteiger partial charge is 0.472 e. The molecule has 5 nitrogen and oxygen atoms in total. The number of Topliss-reactive ketones (excluding diaryl/α,β-unsaturated/α-hetero) is 1. The molecule has 2 heterocycles. The second-order valence-electron chi connectivity index (χ2n) is 9.85. The van der Waals surface area contributed by atoms with Crippen molar-refractivity contribution in [2.24, 2.45) is 17.3 Å². The Balaban J connectivity index is 1.87. The van der Waals surface area contributed by atoms with Gasteiger partial charge < -0.3 is 13.6 Å². The first kappa shape index (κ1) is 19.6. The van der Waals surface area contributed by atoms with E-state index in [1.807, 2.05) is 13.0 Å². The number of ether oxygens (including phenoxy) is 1. The average Bonchev–Trinajstić information content (AvgIpc) is 3.12. The molecule has 0 aromatic carbocycles. The predicted molar refractivity (Wildman–Crippen MR) is 107 cm³/mol. The summed E-state index contributed by atoms with van der Waals surface area (Å²) in [6.07, 6.45) is 7.45. The summed E-state index contributed by atoms with van der Waals surface area (Å²) in [5, 5.41) is 0. The van der Waals surface area contributed by atoms with Gasteiger partial charge in [0.2, 0.25) is 0 Å². The topological polar surface area (TPSA) is 65.7 Å². The van der Waals surface area contributed by atoms with Gasteiger partial charge >= 0.3 is 5.97 Å². The third kappa shape index (κ3) is 2.92. The van der Waals surface area contributed by atoms with Gasteiger partial charge in [0.05, 0.1) is 18.1 Å². The molecule has 0 saturated heterocycles. The molecule has 0 amide bonds. The Labute approximate surface area is 167 Å². The van der Waals surface area contributed by atoms with Crippen LogP contribution in [0.25, 0.3) is 0 Å². The minimum atomic E-state index is -1.96. The van der Waals surface area contributed by atoms with Crippen LogP contribution in [0.3, 0.4) is 0 Å². The third-order valence-electron chi connectivity index (χ3n) is 6.91. The summed E-state index contributed by atoms with van der Waals surface area (Å²) >= 11 is 0. The molecule has 5 atom stereocenters. The van der Waals surface area contributed by atoms with E-state index in [0.717, 1.165) is 24.0 Å². The average molecular weight is 403 g/mol. The van der Waals surface area contributed by atoms with Crippen molar-refractivity contribution in [1.29, 1.82) is 0 Å². The lowest BCUT2D eigenvalue weighted by atomic mass is 9.51. The standard InChI is InChI=1S/C22H30O5Si/c1-14-16-6-9-21(2)18(12-19(24)26-20(21)15-8-11-25-13-15)22(16,10-7-17(14)23)27-28(3,4)5/h8,11-14,16,20H,6-7,9-10H2,1-5H3/t14-,16-,20+,21-,22-/m1/s1. The van der Waals surface area contributed by atoms with Crippen LogP contribution in [0.15, 0.2) is 34.7 Å². The smallest absolute Gasteiger partial charge is 0.331 e. The summed E-state index contributed by atoms with van der Waals surface area (Å²) in [5.74, 6) is 0.0350. The Kier molecular flexibility index (Phi) is 4.51. The number of carbonyl (C=O) groups is 2. The molecule has 0 unspecified atom stereocenters. The Morgan fingerprint density at radius 2 is 1.96 bits per heavy atom. The van der Waals surface area contributed by atoms with E-state index in [4.69, 9.17) is 13.6 Å². The highest BCUT2D eigenvalue weighted by Crippen LogP contribution is 2.63. The first-order valence-corrected chi connectivity index (χ1v) is 13.7. The molecule has 1 aromatic heterocycles. The van der Waals surface area contributed by atoms with Crippen LogP contribution in [0.2, 0.25) is 19.6 Å². The van der Waals surface area contributed by atoms with E-state index in [0.29, 0.717) is 18.6 Å². The van der Waals surface area contributed by atoms with Gasteiger partial charge in [0.1, 0.15) is 11.9 Å². The van der Waals surface area contributed by atoms with Gasteiger partial charge in [-0.3, -0.25) is 4.79 Å². The summed E-state index contributed by atoms with van der Waals surface area (Å²) in [7, 11) is -1.96. The fourth-order valence-electron chi connectivity index (χ4n) is 5.79. The Morgan fingerprint density at radius 3 is 2.61 bits per heavy atom. The number of esters is 1. The van der Waals surface area contributed by atoms with Crippen molar-refractivity contribution in [1.82, 2.24) is 0 Å². The van der Waals surface area contributed by atoms with Gasteiger partial charge in [-0.25, -0.2) is 4.79 Å². The highest BCUT2D eigenvalue weighted by atomic mass is 28.4. The Morgan fingerprint density at radius 1 is 1.21 bits per heavy atom. The van der Waals surface area contributed by atoms with Crippen molar-refractivity contribution in [3.05, 3.63) is 35.8 Å². The van der Waals surface area contributed by atoms with Gasteiger partial charge in [0.15, 0.2) is 8.32 Å². The van der Waals surface area contributed by atoms with E-state index in [1.54, 1.807) is 18.6 Å². The molecule has 2 fully saturated rings. The number of carbonyl (C=O) groups excluding carboxylic acids is 2. The van der Waals surface area contributed by atoms with Gasteiger partial charge in [-0.15, -0.1) is 0 Å². The zero-order chi connectivity index (χ0) is 20.3. The number of rotatable bonds is 3. The predicted octanol–water partition coefficient (Wildman–Crippen LogP) is 4.81. The molecule has 0 spiro atoms. The number of cyclic esters (lactones) is 1. The van der Waals surface area contributed by atoms with Gasteiger partial charge in [-0.2, -0.15) is 0 Å². The van der Waals surface area contributed by atoms with Crippen LogP contribution in [0, 0.1) is 17.3 Å². The minimum Gasteiger partial charge on any atom is -0.472 e. The van der Waals surface area contributed by atoms with Crippen molar-refractivity contribution in [2.75, 3.05) is 0 Å². The molecule has 2 saturated carbocycles. The molecule has 4 rings (SSSR count). The van der Waals surface area contributed by atoms with Crippen LogP contribution >= 0.6 is 0 Å². The van der Waals surface area contributed by atoms with E-state index in [2.05, 4.69) is 26.6 Å². The summed E-state index contributed by atoms with van der Waals surface area (Å²) in [5.41, 5.74) is 0.976. The molecule has 1 aromatic rings. The van der Waals surface area contributed by atoms with Crippen LogP contribution < -0.4 is 0 Å². The van der Waals surface area contributed by atoms with E-state index in [-0.39, 0.29) is 23.2 Å². The molecule has 0 N–H and O–H groups in total. The molecule has 0 radical (unpaired) electrons. The number of furan rings is 1. The maximum atomic E-state index is 12.7. The zero-order valence-electron chi connectivity index (χ0n) is 17.4.